The zero-order chi connectivity index (χ0) is 26.4. The van der Waals surface area contributed by atoms with Crippen LogP contribution in [0.5, 0.6) is 5.75 Å². The average Bonchev–Trinajstić information content (AvgIpc) is 3.68. The Bertz CT molecular complexity index is 1510. The minimum atomic E-state index is -4.41. The molecule has 2 N–H and O–H groups in total. The predicted molar refractivity (Wildman–Crippen MR) is 130 cm³/mol. The molecule has 2 aromatic carbocycles. The van der Waals surface area contributed by atoms with Gasteiger partial charge in [-0.3, -0.25) is 14.4 Å². The molecule has 198 valence electrons. The van der Waals surface area contributed by atoms with Gasteiger partial charge in [-0.05, 0) is 30.7 Å². The molecule has 2 aliphatic rings. The van der Waals surface area contributed by atoms with Crippen LogP contribution in [0.4, 0.5) is 17.6 Å². The first-order valence-electron chi connectivity index (χ1n) is 11.9. The third kappa shape index (κ3) is 4.96. The number of piperazine rings is 1. The maximum atomic E-state index is 14.7. The molecule has 4 heterocycles. The van der Waals surface area contributed by atoms with Crippen LogP contribution in [0.3, 0.4) is 0 Å². The molecule has 0 unspecified atom stereocenters. The number of thiazole rings is 1. The van der Waals surface area contributed by atoms with Gasteiger partial charge in [-0.1, -0.05) is 17.3 Å². The normalized spacial score (nSPS) is 19.4. The van der Waals surface area contributed by atoms with Crippen LogP contribution in [0.1, 0.15) is 22.6 Å². The van der Waals surface area contributed by atoms with Crippen molar-refractivity contribution < 1.29 is 26.8 Å². The van der Waals surface area contributed by atoms with E-state index >= 15 is 0 Å². The molecular formula is C25H21F4N5O3S. The van der Waals surface area contributed by atoms with Crippen molar-refractivity contribution >= 4 is 11.3 Å². The smallest absolute Gasteiger partial charge is 0.439 e. The molecule has 2 atom stereocenters. The van der Waals surface area contributed by atoms with Crippen molar-refractivity contribution in [1.82, 2.24) is 25.3 Å². The van der Waals surface area contributed by atoms with E-state index < -0.39 is 23.3 Å². The number of nitrogens with zero attached hydrogens (tertiary/aromatic N) is 3. The lowest BCUT2D eigenvalue weighted by molar-refractivity contribution is -0.137. The zero-order valence-corrected chi connectivity index (χ0v) is 20.5. The van der Waals surface area contributed by atoms with Crippen LogP contribution < -0.4 is 15.8 Å². The zero-order valence-electron chi connectivity index (χ0n) is 19.7. The highest BCUT2D eigenvalue weighted by molar-refractivity contribution is 7.15. The molecule has 0 spiro atoms. The highest BCUT2D eigenvalue weighted by Crippen LogP contribution is 2.35. The summed E-state index contributed by atoms with van der Waals surface area (Å²) in [6.45, 7) is 2.50. The van der Waals surface area contributed by atoms with Gasteiger partial charge in [0.25, 0.3) is 0 Å². The van der Waals surface area contributed by atoms with Crippen molar-refractivity contribution in [3.05, 3.63) is 75.0 Å². The quantitative estimate of drug-likeness (QED) is 0.331. The van der Waals surface area contributed by atoms with E-state index in [0.717, 1.165) is 42.2 Å². The van der Waals surface area contributed by atoms with E-state index in [4.69, 9.17) is 9.72 Å². The molecule has 6 rings (SSSR count). The van der Waals surface area contributed by atoms with Crippen LogP contribution in [0.15, 0.2) is 51.8 Å². The SMILES string of the molecule is O=c1[nH]c(-c2ccc(OCc3sc(-c4ccc(C(F)(F)F)cc4)nc3CN3C[C@H]4C[C@@H]3CN4)cc2F)no1. The van der Waals surface area contributed by atoms with Gasteiger partial charge in [0.1, 0.15) is 23.2 Å². The second-order valence-corrected chi connectivity index (χ2v) is 10.3. The molecule has 13 heteroatoms. The van der Waals surface area contributed by atoms with Crippen LogP contribution in [-0.2, 0) is 19.3 Å². The fraction of sp³-hybridized carbons (Fsp3) is 0.320. The Morgan fingerprint density at radius 3 is 2.63 bits per heavy atom. The number of aromatic nitrogens is 3. The summed E-state index contributed by atoms with van der Waals surface area (Å²) in [7, 11) is 0. The number of hydrogen-bond acceptors (Lipinski definition) is 8. The van der Waals surface area contributed by atoms with Crippen LogP contribution in [0.2, 0.25) is 0 Å². The van der Waals surface area contributed by atoms with Crippen LogP contribution >= 0.6 is 11.3 Å². The van der Waals surface area contributed by atoms with Gasteiger partial charge in [-0.2, -0.15) is 13.2 Å². The molecule has 8 nitrogen and oxygen atoms in total. The Hall–Kier alpha value is -3.55. The number of halogens is 4. The standard InChI is InChI=1S/C25H21F4N5O3S/c26-19-8-17(5-6-18(19)22-32-24(35)37-33-22)36-12-21-20(11-34-10-15-7-16(34)9-30-15)31-23(38-21)13-1-3-14(4-2-13)25(27,28)29/h1-6,8,15-16,30H,7,9-12H2,(H,32,33,35)/t15-,16-/m1/s1. The third-order valence-electron chi connectivity index (χ3n) is 6.77. The van der Waals surface area contributed by atoms with E-state index in [1.807, 2.05) is 0 Å². The summed E-state index contributed by atoms with van der Waals surface area (Å²) < 4.78 is 64.0. The monoisotopic (exact) mass is 547 g/mol. The lowest BCUT2D eigenvalue weighted by atomic mass is 10.1. The molecule has 0 radical (unpaired) electrons. The molecule has 0 amide bonds. The number of H-pyrrole nitrogens is 1. The molecule has 4 aromatic rings. The topological polar surface area (TPSA) is 96.3 Å². The average molecular weight is 548 g/mol. The van der Waals surface area contributed by atoms with Crippen molar-refractivity contribution in [2.75, 3.05) is 13.1 Å². The van der Waals surface area contributed by atoms with E-state index in [1.54, 1.807) is 6.07 Å². The fourth-order valence-electron chi connectivity index (χ4n) is 4.85. The number of aromatic amines is 1. The Morgan fingerprint density at radius 1 is 1.18 bits per heavy atom. The number of likely N-dealkylation sites (tertiary alicyclic amines) is 1. The summed E-state index contributed by atoms with van der Waals surface area (Å²) in [6.07, 6.45) is -3.34. The van der Waals surface area contributed by atoms with Crippen molar-refractivity contribution in [3.8, 4) is 27.7 Å². The summed E-state index contributed by atoms with van der Waals surface area (Å²) in [5.74, 6) is -1.21. The number of ether oxygens (including phenoxy) is 1. The van der Waals surface area contributed by atoms with E-state index in [2.05, 4.69) is 24.9 Å². The maximum absolute atomic E-state index is 14.7. The van der Waals surface area contributed by atoms with E-state index in [1.165, 1.54) is 35.6 Å². The Balaban J connectivity index is 1.24. The first-order chi connectivity index (χ1) is 18.2. The molecule has 2 aliphatic heterocycles. The fourth-order valence-corrected chi connectivity index (χ4v) is 5.84. The molecule has 2 bridgehead atoms. The Kier molecular flexibility index (Phi) is 6.28. The molecule has 0 saturated carbocycles. The second-order valence-electron chi connectivity index (χ2n) is 9.26. The van der Waals surface area contributed by atoms with E-state index in [9.17, 15) is 22.4 Å². The second kappa shape index (κ2) is 9.64. The lowest BCUT2D eigenvalue weighted by Crippen LogP contribution is -2.43. The number of hydrogen-bond donors (Lipinski definition) is 2. The van der Waals surface area contributed by atoms with Gasteiger partial charge < -0.3 is 10.1 Å². The molecule has 2 fully saturated rings. The Labute approximate surface area is 217 Å². The van der Waals surface area contributed by atoms with Crippen molar-refractivity contribution in [2.24, 2.45) is 0 Å². The molecule has 2 aromatic heterocycles. The summed E-state index contributed by atoms with van der Waals surface area (Å²) in [4.78, 5) is 21.4. The summed E-state index contributed by atoms with van der Waals surface area (Å²) in [5.41, 5.74) is 0.707. The molecular weight excluding hydrogens is 526 g/mol. The number of alkyl halides is 3. The Morgan fingerprint density at radius 2 is 2.00 bits per heavy atom. The van der Waals surface area contributed by atoms with Gasteiger partial charge in [-0.15, -0.1) is 11.3 Å². The van der Waals surface area contributed by atoms with E-state index in [-0.39, 0.29) is 23.7 Å². The summed E-state index contributed by atoms with van der Waals surface area (Å²) in [6, 6.07) is 9.95. The minimum Gasteiger partial charge on any atom is -0.488 e. The van der Waals surface area contributed by atoms with Gasteiger partial charge in [0.15, 0.2) is 5.82 Å². The van der Waals surface area contributed by atoms with Gasteiger partial charge in [0.2, 0.25) is 0 Å². The van der Waals surface area contributed by atoms with Crippen LogP contribution in [-0.4, -0.2) is 45.2 Å². The largest absolute Gasteiger partial charge is 0.488 e. The number of benzene rings is 2. The van der Waals surface area contributed by atoms with Gasteiger partial charge in [-0.25, -0.2) is 14.2 Å². The lowest BCUT2D eigenvalue weighted by Gasteiger charge is -2.26. The number of nitrogens with one attached hydrogen (secondary N) is 2. The van der Waals surface area contributed by atoms with Crippen LogP contribution in [0.25, 0.3) is 22.0 Å². The molecule has 2 saturated heterocycles. The first kappa shape index (κ1) is 24.8. The number of fused-ring (bicyclic) bond motifs is 2. The van der Waals surface area contributed by atoms with Crippen molar-refractivity contribution in [3.63, 3.8) is 0 Å². The minimum absolute atomic E-state index is 0.0284. The van der Waals surface area contributed by atoms with Crippen molar-refractivity contribution in [1.29, 1.82) is 0 Å². The predicted octanol–water partition coefficient (Wildman–Crippen LogP) is 4.44. The highest BCUT2D eigenvalue weighted by Gasteiger charge is 2.38. The first-order valence-corrected chi connectivity index (χ1v) is 12.7. The van der Waals surface area contributed by atoms with Crippen LogP contribution in [0, 0.1) is 5.82 Å². The van der Waals surface area contributed by atoms with Gasteiger partial charge >= 0.3 is 11.9 Å². The molecule has 0 aliphatic carbocycles. The summed E-state index contributed by atoms with van der Waals surface area (Å²) in [5, 5.41) is 7.55. The highest BCUT2D eigenvalue weighted by atomic mass is 32.1. The van der Waals surface area contributed by atoms with E-state index in [0.29, 0.717) is 29.2 Å². The maximum Gasteiger partial charge on any atom is 0.439 e. The van der Waals surface area contributed by atoms with Gasteiger partial charge in [0, 0.05) is 43.3 Å². The summed E-state index contributed by atoms with van der Waals surface area (Å²) >= 11 is 1.34. The van der Waals surface area contributed by atoms with Gasteiger partial charge in [0.05, 0.1) is 21.7 Å². The third-order valence-corrected chi connectivity index (χ3v) is 7.89. The van der Waals surface area contributed by atoms with Crippen molar-refractivity contribution in [2.45, 2.75) is 37.8 Å². The molecule has 38 heavy (non-hydrogen) atoms. The number of rotatable bonds is 7.